The fraction of sp³-hybridized carbons (Fsp3) is 0.400. The minimum absolute atomic E-state index is 0.0320. The molecular weight excluding hydrogens is 396 g/mol. The van der Waals surface area contributed by atoms with Gasteiger partial charge in [-0.1, -0.05) is 6.07 Å². The smallest absolute Gasteiger partial charge is 0.290 e. The van der Waals surface area contributed by atoms with Crippen molar-refractivity contribution in [3.05, 3.63) is 48.4 Å². The highest BCUT2D eigenvalue weighted by atomic mass is 32.2. The standard InChI is InChI=1S/C20H24N2O6S/c1-29(25,26)13-12-27-16-7-4-6-15(14-16)21-19(23)17-8-2-3-10-22(17)20(24)18-9-5-11-28-18/h4-7,9,11,14,17H,2-3,8,10,12-13H2,1H3,(H,21,23). The summed E-state index contributed by atoms with van der Waals surface area (Å²) in [5.41, 5.74) is 0.517. The quantitative estimate of drug-likeness (QED) is 0.737. The molecule has 0 aliphatic carbocycles. The van der Waals surface area contributed by atoms with E-state index < -0.39 is 15.9 Å². The molecule has 1 fully saturated rings. The second-order valence-corrected chi connectivity index (χ2v) is 9.24. The van der Waals surface area contributed by atoms with Crippen LogP contribution in [-0.4, -0.2) is 56.3 Å². The minimum atomic E-state index is -3.11. The maximum Gasteiger partial charge on any atom is 0.290 e. The molecule has 1 atom stereocenters. The molecule has 2 amide bonds. The molecular formula is C20H24N2O6S. The van der Waals surface area contributed by atoms with Gasteiger partial charge in [-0.15, -0.1) is 0 Å². The van der Waals surface area contributed by atoms with E-state index in [-0.39, 0.29) is 29.9 Å². The maximum atomic E-state index is 12.9. The number of nitrogens with one attached hydrogen (secondary N) is 1. The van der Waals surface area contributed by atoms with Crippen molar-refractivity contribution >= 4 is 27.3 Å². The Balaban J connectivity index is 1.65. The molecule has 3 rings (SSSR count). The van der Waals surface area contributed by atoms with Crippen LogP contribution in [0.1, 0.15) is 29.8 Å². The molecule has 0 saturated carbocycles. The lowest BCUT2D eigenvalue weighted by Crippen LogP contribution is -2.49. The first-order chi connectivity index (χ1) is 13.8. The van der Waals surface area contributed by atoms with Gasteiger partial charge >= 0.3 is 0 Å². The van der Waals surface area contributed by atoms with E-state index in [1.807, 2.05) is 0 Å². The number of hydrogen-bond donors (Lipinski definition) is 1. The number of anilines is 1. The number of amides is 2. The van der Waals surface area contributed by atoms with Crippen LogP contribution in [0.3, 0.4) is 0 Å². The Morgan fingerprint density at radius 3 is 2.79 bits per heavy atom. The van der Waals surface area contributed by atoms with Gasteiger partial charge in [-0.3, -0.25) is 9.59 Å². The second kappa shape index (κ2) is 9.13. The van der Waals surface area contributed by atoms with Crippen molar-refractivity contribution in [3.63, 3.8) is 0 Å². The van der Waals surface area contributed by atoms with Gasteiger partial charge in [0.25, 0.3) is 5.91 Å². The predicted octanol–water partition coefficient (Wildman–Crippen LogP) is 2.34. The number of piperidine rings is 1. The molecule has 1 aliphatic rings. The van der Waals surface area contributed by atoms with E-state index in [2.05, 4.69) is 5.32 Å². The Morgan fingerprint density at radius 1 is 1.24 bits per heavy atom. The largest absolute Gasteiger partial charge is 0.492 e. The van der Waals surface area contributed by atoms with Crippen LogP contribution < -0.4 is 10.1 Å². The molecule has 1 aromatic carbocycles. The Kier molecular flexibility index (Phi) is 6.58. The van der Waals surface area contributed by atoms with Crippen molar-refractivity contribution in [2.45, 2.75) is 25.3 Å². The maximum absolute atomic E-state index is 12.9. The Hall–Kier alpha value is -2.81. The van der Waals surface area contributed by atoms with Gasteiger partial charge in [0.1, 0.15) is 18.4 Å². The molecule has 9 heteroatoms. The lowest BCUT2D eigenvalue weighted by molar-refractivity contribution is -0.121. The van der Waals surface area contributed by atoms with E-state index in [9.17, 15) is 18.0 Å². The van der Waals surface area contributed by atoms with E-state index in [4.69, 9.17) is 9.15 Å². The van der Waals surface area contributed by atoms with Crippen molar-refractivity contribution in [3.8, 4) is 5.75 Å². The number of likely N-dealkylation sites (tertiary alicyclic amines) is 1. The van der Waals surface area contributed by atoms with Crippen LogP contribution in [0.4, 0.5) is 5.69 Å². The topological polar surface area (TPSA) is 106 Å². The van der Waals surface area contributed by atoms with Gasteiger partial charge in [0.2, 0.25) is 5.91 Å². The lowest BCUT2D eigenvalue weighted by atomic mass is 10.0. The van der Waals surface area contributed by atoms with E-state index in [0.717, 1.165) is 19.1 Å². The van der Waals surface area contributed by atoms with Crippen molar-refractivity contribution in [1.29, 1.82) is 0 Å². The first-order valence-corrected chi connectivity index (χ1v) is 11.5. The third-order valence-corrected chi connectivity index (χ3v) is 5.53. The summed E-state index contributed by atoms with van der Waals surface area (Å²) in [5, 5.41) is 2.83. The molecule has 1 aliphatic heterocycles. The van der Waals surface area contributed by atoms with Crippen LogP contribution in [0.25, 0.3) is 0 Å². The highest BCUT2D eigenvalue weighted by Gasteiger charge is 2.33. The molecule has 1 aromatic heterocycles. The highest BCUT2D eigenvalue weighted by molar-refractivity contribution is 7.90. The van der Waals surface area contributed by atoms with Gasteiger partial charge < -0.3 is 19.4 Å². The monoisotopic (exact) mass is 420 g/mol. The molecule has 0 bridgehead atoms. The zero-order chi connectivity index (χ0) is 20.9. The molecule has 1 unspecified atom stereocenters. The van der Waals surface area contributed by atoms with Crippen LogP contribution in [0.2, 0.25) is 0 Å². The number of nitrogens with zero attached hydrogens (tertiary/aromatic N) is 1. The predicted molar refractivity (Wildman–Crippen MR) is 108 cm³/mol. The summed E-state index contributed by atoms with van der Waals surface area (Å²) < 4.78 is 33.0. The summed E-state index contributed by atoms with van der Waals surface area (Å²) >= 11 is 0. The van der Waals surface area contributed by atoms with Gasteiger partial charge in [0.05, 0.1) is 12.0 Å². The summed E-state index contributed by atoms with van der Waals surface area (Å²) in [4.78, 5) is 27.1. The normalized spacial score (nSPS) is 17.0. The minimum Gasteiger partial charge on any atom is -0.492 e. The third-order valence-electron chi connectivity index (χ3n) is 4.62. The lowest BCUT2D eigenvalue weighted by Gasteiger charge is -2.34. The van der Waals surface area contributed by atoms with E-state index in [1.54, 1.807) is 41.3 Å². The highest BCUT2D eigenvalue weighted by Crippen LogP contribution is 2.23. The Morgan fingerprint density at radius 2 is 2.07 bits per heavy atom. The number of furan rings is 1. The van der Waals surface area contributed by atoms with Gasteiger partial charge in [-0.25, -0.2) is 8.42 Å². The van der Waals surface area contributed by atoms with Gasteiger partial charge in [-0.2, -0.15) is 0 Å². The molecule has 156 valence electrons. The second-order valence-electron chi connectivity index (χ2n) is 6.98. The van der Waals surface area contributed by atoms with Crippen LogP contribution in [0.5, 0.6) is 5.75 Å². The Bertz CT molecular complexity index is 955. The van der Waals surface area contributed by atoms with E-state index in [0.29, 0.717) is 24.4 Å². The summed E-state index contributed by atoms with van der Waals surface area (Å²) in [7, 11) is -3.11. The van der Waals surface area contributed by atoms with Crippen molar-refractivity contribution in [1.82, 2.24) is 4.90 Å². The fourth-order valence-corrected chi connectivity index (χ4v) is 3.58. The zero-order valence-corrected chi connectivity index (χ0v) is 17.0. The van der Waals surface area contributed by atoms with E-state index in [1.165, 1.54) is 6.26 Å². The average Bonchev–Trinajstić information content (AvgIpc) is 3.21. The number of hydrogen-bond acceptors (Lipinski definition) is 6. The molecule has 8 nitrogen and oxygen atoms in total. The molecule has 2 aromatic rings. The van der Waals surface area contributed by atoms with Crippen LogP contribution in [0.15, 0.2) is 47.1 Å². The van der Waals surface area contributed by atoms with Crippen LogP contribution in [0, 0.1) is 0 Å². The molecule has 0 radical (unpaired) electrons. The van der Waals surface area contributed by atoms with Crippen molar-refractivity contribution in [2.24, 2.45) is 0 Å². The SMILES string of the molecule is CS(=O)(=O)CCOc1cccc(NC(=O)C2CCCCN2C(=O)c2ccco2)c1. The third kappa shape index (κ3) is 5.83. The van der Waals surface area contributed by atoms with Crippen molar-refractivity contribution in [2.75, 3.05) is 30.5 Å². The number of sulfone groups is 1. The van der Waals surface area contributed by atoms with Crippen LogP contribution in [-0.2, 0) is 14.6 Å². The van der Waals surface area contributed by atoms with Gasteiger partial charge in [-0.05, 0) is 43.5 Å². The van der Waals surface area contributed by atoms with Gasteiger partial charge in [0.15, 0.2) is 15.6 Å². The molecule has 2 heterocycles. The number of carbonyl (C=O) groups excluding carboxylic acids is 2. The molecule has 29 heavy (non-hydrogen) atoms. The summed E-state index contributed by atoms with van der Waals surface area (Å²) in [6.07, 6.45) is 4.84. The number of benzene rings is 1. The summed E-state index contributed by atoms with van der Waals surface area (Å²) in [5.74, 6) is 0.00498. The molecule has 1 saturated heterocycles. The first kappa shape index (κ1) is 20.9. The van der Waals surface area contributed by atoms with E-state index >= 15 is 0 Å². The Labute approximate surface area is 169 Å². The molecule has 0 spiro atoms. The number of ether oxygens (including phenoxy) is 1. The zero-order valence-electron chi connectivity index (χ0n) is 16.2. The molecule has 1 N–H and O–H groups in total. The van der Waals surface area contributed by atoms with Crippen LogP contribution >= 0.6 is 0 Å². The first-order valence-electron chi connectivity index (χ1n) is 9.39. The average molecular weight is 420 g/mol. The summed E-state index contributed by atoms with van der Waals surface area (Å²) in [6, 6.07) is 9.37. The van der Waals surface area contributed by atoms with Crippen molar-refractivity contribution < 1.29 is 27.2 Å². The van der Waals surface area contributed by atoms with Gasteiger partial charge in [0, 0.05) is 24.6 Å². The number of rotatable bonds is 7. The number of carbonyl (C=O) groups is 2. The summed E-state index contributed by atoms with van der Waals surface area (Å²) in [6.45, 7) is 0.524. The fourth-order valence-electron chi connectivity index (χ4n) is 3.19.